The minimum Gasteiger partial charge on any atom is -0.444 e. The fourth-order valence-electron chi connectivity index (χ4n) is 2.76. The second-order valence-electron chi connectivity index (χ2n) is 6.62. The van der Waals surface area contributed by atoms with Crippen LogP contribution in [0.5, 0.6) is 0 Å². The maximum Gasteiger partial charge on any atom is 0.226 e. The van der Waals surface area contributed by atoms with Gasteiger partial charge in [-0.25, -0.2) is 9.98 Å². The molecule has 1 unspecified atom stereocenters. The molecule has 152 valence electrons. The van der Waals surface area contributed by atoms with E-state index in [1.165, 1.54) is 5.56 Å². The summed E-state index contributed by atoms with van der Waals surface area (Å²) < 4.78 is 5.58. The van der Waals surface area contributed by atoms with Crippen molar-refractivity contribution in [2.45, 2.75) is 26.5 Å². The van der Waals surface area contributed by atoms with E-state index in [0.29, 0.717) is 35.5 Å². The number of oxazole rings is 1. The number of aromatic nitrogens is 1. The Morgan fingerprint density at radius 1 is 1.17 bits per heavy atom. The molecule has 0 aliphatic carbocycles. The third-order valence-electron chi connectivity index (χ3n) is 4.32. The number of aliphatic imine (C=N–C) groups is 1. The lowest BCUT2D eigenvalue weighted by atomic mass is 10.1. The zero-order valence-electron chi connectivity index (χ0n) is 16.5. The SMILES string of the molecule is CCNC(=NCc1coc(-c2ccc(C)cc2)n1)NCC(O)c1ccccc1Cl. The first-order valence-corrected chi connectivity index (χ1v) is 9.90. The van der Waals surface area contributed by atoms with Gasteiger partial charge < -0.3 is 20.2 Å². The van der Waals surface area contributed by atoms with Crippen LogP contribution in [-0.2, 0) is 6.54 Å². The van der Waals surface area contributed by atoms with Crippen LogP contribution >= 0.6 is 11.6 Å². The van der Waals surface area contributed by atoms with E-state index < -0.39 is 6.10 Å². The Morgan fingerprint density at radius 3 is 2.66 bits per heavy atom. The van der Waals surface area contributed by atoms with E-state index in [1.54, 1.807) is 18.4 Å². The predicted molar refractivity (Wildman–Crippen MR) is 116 cm³/mol. The van der Waals surface area contributed by atoms with Gasteiger partial charge in [0.05, 0.1) is 12.6 Å². The Hall–Kier alpha value is -2.83. The second-order valence-corrected chi connectivity index (χ2v) is 7.03. The number of rotatable bonds is 7. The van der Waals surface area contributed by atoms with Gasteiger partial charge in [0.2, 0.25) is 5.89 Å². The number of aliphatic hydroxyl groups excluding tert-OH is 1. The Kier molecular flexibility index (Phi) is 7.27. The van der Waals surface area contributed by atoms with Crippen molar-refractivity contribution in [1.29, 1.82) is 0 Å². The molecule has 7 heteroatoms. The summed E-state index contributed by atoms with van der Waals surface area (Å²) in [7, 11) is 0. The fraction of sp³-hybridized carbons (Fsp3) is 0.273. The number of nitrogens with zero attached hydrogens (tertiary/aromatic N) is 2. The van der Waals surface area contributed by atoms with Crippen LogP contribution in [0, 0.1) is 6.92 Å². The fourth-order valence-corrected chi connectivity index (χ4v) is 3.02. The summed E-state index contributed by atoms with van der Waals surface area (Å²) >= 11 is 6.15. The number of benzene rings is 2. The molecule has 0 saturated carbocycles. The van der Waals surface area contributed by atoms with Crippen molar-refractivity contribution in [1.82, 2.24) is 15.6 Å². The largest absolute Gasteiger partial charge is 0.444 e. The van der Waals surface area contributed by atoms with E-state index in [1.807, 2.05) is 50.2 Å². The molecule has 0 fully saturated rings. The van der Waals surface area contributed by atoms with Crippen LogP contribution < -0.4 is 10.6 Å². The van der Waals surface area contributed by atoms with Crippen LogP contribution in [0.15, 0.2) is 64.2 Å². The molecule has 0 aliphatic rings. The molecule has 1 atom stereocenters. The van der Waals surface area contributed by atoms with E-state index in [9.17, 15) is 5.11 Å². The van der Waals surface area contributed by atoms with Crippen LogP contribution in [-0.4, -0.2) is 29.1 Å². The zero-order valence-corrected chi connectivity index (χ0v) is 17.3. The van der Waals surface area contributed by atoms with Crippen LogP contribution in [0.3, 0.4) is 0 Å². The maximum atomic E-state index is 10.4. The van der Waals surface area contributed by atoms with Crippen molar-refractivity contribution in [3.05, 3.63) is 76.6 Å². The van der Waals surface area contributed by atoms with Crippen LogP contribution in [0.25, 0.3) is 11.5 Å². The molecular formula is C22H25ClN4O2. The molecule has 29 heavy (non-hydrogen) atoms. The summed E-state index contributed by atoms with van der Waals surface area (Å²) in [5.41, 5.74) is 3.52. The van der Waals surface area contributed by atoms with Gasteiger partial charge in [-0.3, -0.25) is 0 Å². The average molecular weight is 413 g/mol. The molecule has 0 amide bonds. The Bertz CT molecular complexity index is 953. The van der Waals surface area contributed by atoms with Gasteiger partial charge in [0.15, 0.2) is 5.96 Å². The second kappa shape index (κ2) is 10.1. The number of halogens is 1. The van der Waals surface area contributed by atoms with Gasteiger partial charge in [-0.1, -0.05) is 47.5 Å². The molecule has 0 bridgehead atoms. The van der Waals surface area contributed by atoms with Crippen LogP contribution in [0.1, 0.15) is 29.8 Å². The molecule has 6 nitrogen and oxygen atoms in total. The molecule has 3 aromatic rings. The number of aryl methyl sites for hydroxylation is 1. The topological polar surface area (TPSA) is 82.7 Å². The molecule has 2 aromatic carbocycles. The number of hydrogen-bond donors (Lipinski definition) is 3. The highest BCUT2D eigenvalue weighted by Crippen LogP contribution is 2.22. The molecule has 1 heterocycles. The molecule has 3 N–H and O–H groups in total. The summed E-state index contributed by atoms with van der Waals surface area (Å²) in [5.74, 6) is 1.15. The lowest BCUT2D eigenvalue weighted by Crippen LogP contribution is -2.39. The normalized spacial score (nSPS) is 12.6. The van der Waals surface area contributed by atoms with Gasteiger partial charge in [0.1, 0.15) is 12.0 Å². The maximum absolute atomic E-state index is 10.4. The number of aliphatic hydroxyl groups is 1. The van der Waals surface area contributed by atoms with Gasteiger partial charge in [-0.2, -0.15) is 0 Å². The summed E-state index contributed by atoms with van der Waals surface area (Å²) in [5, 5.41) is 17.2. The van der Waals surface area contributed by atoms with Crippen molar-refractivity contribution in [3.63, 3.8) is 0 Å². The van der Waals surface area contributed by atoms with E-state index in [4.69, 9.17) is 16.0 Å². The number of guanidine groups is 1. The van der Waals surface area contributed by atoms with E-state index in [0.717, 1.165) is 11.3 Å². The van der Waals surface area contributed by atoms with Gasteiger partial charge in [-0.05, 0) is 32.0 Å². The zero-order chi connectivity index (χ0) is 20.6. The van der Waals surface area contributed by atoms with E-state index >= 15 is 0 Å². The summed E-state index contributed by atoms with van der Waals surface area (Å²) in [6.45, 7) is 5.35. The average Bonchev–Trinajstić information content (AvgIpc) is 3.20. The first kappa shape index (κ1) is 20.9. The smallest absolute Gasteiger partial charge is 0.226 e. The van der Waals surface area contributed by atoms with E-state index in [-0.39, 0.29) is 6.54 Å². The van der Waals surface area contributed by atoms with Gasteiger partial charge in [-0.15, -0.1) is 0 Å². The molecule has 3 rings (SSSR count). The number of nitrogens with one attached hydrogen (secondary N) is 2. The Labute approximate surface area is 175 Å². The van der Waals surface area contributed by atoms with Crippen molar-refractivity contribution < 1.29 is 9.52 Å². The quantitative estimate of drug-likeness (QED) is 0.402. The van der Waals surface area contributed by atoms with Crippen molar-refractivity contribution in [3.8, 4) is 11.5 Å². The van der Waals surface area contributed by atoms with Gasteiger partial charge in [0.25, 0.3) is 0 Å². The highest BCUT2D eigenvalue weighted by molar-refractivity contribution is 6.31. The standard InChI is InChI=1S/C22H25ClN4O2/c1-3-24-22(26-13-20(28)18-6-4-5-7-19(18)23)25-12-17-14-29-21(27-17)16-10-8-15(2)9-11-16/h4-11,14,20,28H,3,12-13H2,1-2H3,(H2,24,25,26). The van der Waals surface area contributed by atoms with Gasteiger partial charge in [0, 0.05) is 29.2 Å². The van der Waals surface area contributed by atoms with Crippen molar-refractivity contribution >= 4 is 17.6 Å². The molecule has 1 aromatic heterocycles. The minimum atomic E-state index is -0.743. The predicted octanol–water partition coefficient (Wildman–Crippen LogP) is 4.09. The first-order chi connectivity index (χ1) is 14.1. The van der Waals surface area contributed by atoms with Crippen molar-refractivity contribution in [2.75, 3.05) is 13.1 Å². The first-order valence-electron chi connectivity index (χ1n) is 9.53. The third-order valence-corrected chi connectivity index (χ3v) is 4.66. The van der Waals surface area contributed by atoms with Crippen molar-refractivity contribution in [2.24, 2.45) is 4.99 Å². The lowest BCUT2D eigenvalue weighted by molar-refractivity contribution is 0.181. The molecule has 0 radical (unpaired) electrons. The molecule has 0 spiro atoms. The summed E-state index contributed by atoms with van der Waals surface area (Å²) in [6.07, 6.45) is 0.869. The highest BCUT2D eigenvalue weighted by atomic mass is 35.5. The molecular weight excluding hydrogens is 388 g/mol. The van der Waals surface area contributed by atoms with Gasteiger partial charge >= 0.3 is 0 Å². The third kappa shape index (κ3) is 5.82. The molecule has 0 aliphatic heterocycles. The van der Waals surface area contributed by atoms with Crippen LogP contribution in [0.4, 0.5) is 0 Å². The monoisotopic (exact) mass is 412 g/mol. The summed E-state index contributed by atoms with van der Waals surface area (Å²) in [4.78, 5) is 9.02. The Balaban J connectivity index is 1.62. The Morgan fingerprint density at radius 2 is 1.93 bits per heavy atom. The minimum absolute atomic E-state index is 0.281. The molecule has 0 saturated heterocycles. The highest BCUT2D eigenvalue weighted by Gasteiger charge is 2.12. The number of hydrogen-bond acceptors (Lipinski definition) is 4. The summed E-state index contributed by atoms with van der Waals surface area (Å²) in [6, 6.07) is 15.3. The lowest BCUT2D eigenvalue weighted by Gasteiger charge is -2.16. The van der Waals surface area contributed by atoms with Crippen LogP contribution in [0.2, 0.25) is 5.02 Å². The van der Waals surface area contributed by atoms with E-state index in [2.05, 4.69) is 20.6 Å².